The summed E-state index contributed by atoms with van der Waals surface area (Å²) in [6, 6.07) is 9.53. The summed E-state index contributed by atoms with van der Waals surface area (Å²) in [5.74, 6) is -0.210. The van der Waals surface area contributed by atoms with E-state index in [4.69, 9.17) is 25.8 Å². The van der Waals surface area contributed by atoms with Gasteiger partial charge in [-0.2, -0.15) is 0 Å². The second-order valence-electron chi connectivity index (χ2n) is 4.82. The van der Waals surface area contributed by atoms with Crippen molar-refractivity contribution in [1.82, 2.24) is 0 Å². The number of carbonyl (C=O) groups excluding carboxylic acids is 2. The maximum atomic E-state index is 12.1. The molecule has 2 aromatic rings. The van der Waals surface area contributed by atoms with Crippen molar-refractivity contribution in [2.75, 3.05) is 24.5 Å². The maximum Gasteiger partial charge on any atom is 0.314 e. The van der Waals surface area contributed by atoms with Crippen LogP contribution in [0.15, 0.2) is 36.4 Å². The normalized spacial score (nSPS) is 11.8. The van der Waals surface area contributed by atoms with Crippen LogP contribution in [0.5, 0.6) is 17.2 Å². The molecule has 0 aromatic heterocycles. The molecule has 2 aromatic carbocycles. The number of methoxy groups -OCH3 is 1. The lowest BCUT2D eigenvalue weighted by molar-refractivity contribution is -0.133. The first-order valence-corrected chi connectivity index (χ1v) is 7.30. The molecule has 0 atom stereocenters. The van der Waals surface area contributed by atoms with Crippen LogP contribution in [0.25, 0.3) is 0 Å². The summed E-state index contributed by atoms with van der Waals surface area (Å²) in [7, 11) is 1.45. The second-order valence-corrected chi connectivity index (χ2v) is 5.26. The number of hydrogen-bond donors (Lipinski definition) is 2. The average molecular weight is 349 g/mol. The zero-order valence-corrected chi connectivity index (χ0v) is 13.3. The highest BCUT2D eigenvalue weighted by atomic mass is 35.5. The van der Waals surface area contributed by atoms with Crippen molar-refractivity contribution < 1.29 is 23.8 Å². The molecule has 7 nitrogen and oxygen atoms in total. The number of carbonyl (C=O) groups is 2. The lowest BCUT2D eigenvalue weighted by atomic mass is 10.2. The van der Waals surface area contributed by atoms with E-state index >= 15 is 0 Å². The molecular weight excluding hydrogens is 336 g/mol. The number of hydrogen-bond acceptors (Lipinski definition) is 5. The minimum atomic E-state index is -0.853. The van der Waals surface area contributed by atoms with Gasteiger partial charge in [0, 0.05) is 16.8 Å². The molecule has 24 heavy (non-hydrogen) atoms. The van der Waals surface area contributed by atoms with E-state index in [1.54, 1.807) is 30.3 Å². The molecule has 0 aliphatic carbocycles. The quantitative estimate of drug-likeness (QED) is 0.833. The molecule has 0 spiro atoms. The number of ether oxygens (including phenoxy) is 3. The first kappa shape index (κ1) is 15.9. The van der Waals surface area contributed by atoms with E-state index in [1.807, 2.05) is 0 Å². The Balaban J connectivity index is 1.69. The number of fused-ring (bicyclic) bond motifs is 1. The van der Waals surface area contributed by atoms with E-state index in [9.17, 15) is 9.59 Å². The highest BCUT2D eigenvalue weighted by Crippen LogP contribution is 2.34. The smallest absolute Gasteiger partial charge is 0.314 e. The summed E-state index contributed by atoms with van der Waals surface area (Å²) < 4.78 is 15.5. The van der Waals surface area contributed by atoms with Gasteiger partial charge in [-0.15, -0.1) is 0 Å². The van der Waals surface area contributed by atoms with Gasteiger partial charge in [0.2, 0.25) is 6.79 Å². The third-order valence-electron chi connectivity index (χ3n) is 3.25. The van der Waals surface area contributed by atoms with Gasteiger partial charge >= 0.3 is 11.8 Å². The number of rotatable bonds is 3. The molecule has 2 N–H and O–H groups in total. The van der Waals surface area contributed by atoms with Gasteiger partial charge in [0.1, 0.15) is 5.75 Å². The zero-order chi connectivity index (χ0) is 17.1. The molecular formula is C16H13ClN2O5. The summed E-state index contributed by atoms with van der Waals surface area (Å²) >= 11 is 5.89. The lowest BCUT2D eigenvalue weighted by Gasteiger charge is -2.10. The number of anilines is 2. The molecule has 3 rings (SSSR count). The van der Waals surface area contributed by atoms with Gasteiger partial charge in [-0.1, -0.05) is 11.6 Å². The first-order valence-electron chi connectivity index (χ1n) is 6.92. The van der Waals surface area contributed by atoms with Crippen molar-refractivity contribution in [2.45, 2.75) is 0 Å². The van der Waals surface area contributed by atoms with Crippen molar-refractivity contribution >= 4 is 34.8 Å². The van der Waals surface area contributed by atoms with Gasteiger partial charge in [0.25, 0.3) is 0 Å². The fraction of sp³-hybridized carbons (Fsp3) is 0.125. The Morgan fingerprint density at radius 1 is 1.04 bits per heavy atom. The van der Waals surface area contributed by atoms with Crippen molar-refractivity contribution in [1.29, 1.82) is 0 Å². The van der Waals surface area contributed by atoms with E-state index in [0.29, 0.717) is 33.6 Å². The van der Waals surface area contributed by atoms with Gasteiger partial charge in [-0.05, 0) is 30.3 Å². The van der Waals surface area contributed by atoms with Crippen molar-refractivity contribution in [3.63, 3.8) is 0 Å². The maximum absolute atomic E-state index is 12.1. The SMILES string of the molecule is COc1ccc(Cl)cc1NC(=O)C(=O)Nc1ccc2c(c1)OCO2. The molecule has 1 heterocycles. The summed E-state index contributed by atoms with van der Waals surface area (Å²) in [5, 5.41) is 5.35. The van der Waals surface area contributed by atoms with Crippen molar-refractivity contribution in [3.05, 3.63) is 41.4 Å². The predicted molar refractivity (Wildman–Crippen MR) is 87.8 cm³/mol. The van der Waals surface area contributed by atoms with Crippen LogP contribution in [0.2, 0.25) is 5.02 Å². The molecule has 2 amide bonds. The van der Waals surface area contributed by atoms with Gasteiger partial charge in [-0.3, -0.25) is 9.59 Å². The Bertz CT molecular complexity index is 809. The number of halogens is 1. The molecule has 8 heteroatoms. The van der Waals surface area contributed by atoms with Gasteiger partial charge in [0.15, 0.2) is 11.5 Å². The summed E-state index contributed by atoms with van der Waals surface area (Å²) in [4.78, 5) is 24.1. The zero-order valence-electron chi connectivity index (χ0n) is 12.6. The minimum Gasteiger partial charge on any atom is -0.495 e. The van der Waals surface area contributed by atoms with Crippen LogP contribution >= 0.6 is 11.6 Å². The van der Waals surface area contributed by atoms with Crippen LogP contribution < -0.4 is 24.8 Å². The third-order valence-corrected chi connectivity index (χ3v) is 3.48. The molecule has 0 saturated heterocycles. The summed E-state index contributed by atoms with van der Waals surface area (Å²) in [6.45, 7) is 0.127. The monoisotopic (exact) mass is 348 g/mol. The first-order chi connectivity index (χ1) is 11.6. The molecule has 0 bridgehead atoms. The van der Waals surface area contributed by atoms with Crippen LogP contribution in [-0.4, -0.2) is 25.7 Å². The lowest BCUT2D eigenvalue weighted by Crippen LogP contribution is -2.29. The van der Waals surface area contributed by atoms with Crippen LogP contribution in [-0.2, 0) is 9.59 Å². The fourth-order valence-corrected chi connectivity index (χ4v) is 2.29. The Labute approximate surface area is 142 Å². The fourth-order valence-electron chi connectivity index (χ4n) is 2.12. The van der Waals surface area contributed by atoms with Gasteiger partial charge in [0.05, 0.1) is 12.8 Å². The van der Waals surface area contributed by atoms with Crippen LogP contribution in [0.1, 0.15) is 0 Å². The highest BCUT2D eigenvalue weighted by molar-refractivity contribution is 6.44. The molecule has 0 radical (unpaired) electrons. The van der Waals surface area contributed by atoms with Crippen molar-refractivity contribution in [2.24, 2.45) is 0 Å². The average Bonchev–Trinajstić information content (AvgIpc) is 3.02. The molecule has 0 fully saturated rings. The molecule has 1 aliphatic heterocycles. The molecule has 0 unspecified atom stereocenters. The Morgan fingerprint density at radius 3 is 2.58 bits per heavy atom. The molecule has 124 valence electrons. The topological polar surface area (TPSA) is 85.9 Å². The summed E-state index contributed by atoms with van der Waals surface area (Å²) in [5.41, 5.74) is 0.716. The standard InChI is InChI=1S/C16H13ClN2O5/c1-22-12-4-2-9(17)6-11(12)19-16(21)15(20)18-10-3-5-13-14(7-10)24-8-23-13/h2-7H,8H2,1H3,(H,18,20)(H,19,21). The Kier molecular flexibility index (Phi) is 4.43. The van der Waals surface area contributed by atoms with Crippen LogP contribution in [0, 0.1) is 0 Å². The Hall–Kier alpha value is -2.93. The van der Waals surface area contributed by atoms with E-state index < -0.39 is 11.8 Å². The molecule has 0 saturated carbocycles. The molecule has 1 aliphatic rings. The van der Waals surface area contributed by atoms with E-state index in [0.717, 1.165) is 0 Å². The Morgan fingerprint density at radius 2 is 1.79 bits per heavy atom. The van der Waals surface area contributed by atoms with Crippen LogP contribution in [0.4, 0.5) is 11.4 Å². The number of nitrogens with one attached hydrogen (secondary N) is 2. The van der Waals surface area contributed by atoms with E-state index in [2.05, 4.69) is 10.6 Å². The summed E-state index contributed by atoms with van der Waals surface area (Å²) in [6.07, 6.45) is 0. The van der Waals surface area contributed by atoms with E-state index in [-0.39, 0.29) is 6.79 Å². The van der Waals surface area contributed by atoms with Crippen molar-refractivity contribution in [3.8, 4) is 17.2 Å². The highest BCUT2D eigenvalue weighted by Gasteiger charge is 2.18. The number of amides is 2. The minimum absolute atomic E-state index is 0.127. The number of benzene rings is 2. The third kappa shape index (κ3) is 3.36. The predicted octanol–water partition coefficient (Wildman–Crippen LogP) is 2.65. The van der Waals surface area contributed by atoms with Crippen LogP contribution in [0.3, 0.4) is 0 Å². The van der Waals surface area contributed by atoms with Gasteiger partial charge < -0.3 is 24.8 Å². The van der Waals surface area contributed by atoms with E-state index in [1.165, 1.54) is 13.2 Å². The largest absolute Gasteiger partial charge is 0.495 e. The van der Waals surface area contributed by atoms with Gasteiger partial charge in [-0.25, -0.2) is 0 Å². The second kappa shape index (κ2) is 6.67.